The van der Waals surface area contributed by atoms with Gasteiger partial charge in [0.1, 0.15) is 5.15 Å². The Bertz CT molecular complexity index is 840. The molecule has 0 aliphatic carbocycles. The van der Waals surface area contributed by atoms with Crippen molar-refractivity contribution in [3.05, 3.63) is 51.0 Å². The number of aryl methyl sites for hydroxylation is 1. The number of halogens is 2. The molecule has 0 N–H and O–H groups in total. The van der Waals surface area contributed by atoms with Crippen LogP contribution in [-0.4, -0.2) is 9.55 Å². The van der Waals surface area contributed by atoms with Crippen molar-refractivity contribution in [2.75, 3.05) is 0 Å². The van der Waals surface area contributed by atoms with Gasteiger partial charge in [-0.1, -0.05) is 29.3 Å². The van der Waals surface area contributed by atoms with Crippen LogP contribution in [-0.2, 0) is 7.05 Å². The topological polar surface area (TPSA) is 34.9 Å². The normalized spacial score (nSPS) is 11.3. The van der Waals surface area contributed by atoms with Crippen molar-refractivity contribution in [2.24, 2.45) is 7.05 Å². The van der Waals surface area contributed by atoms with Gasteiger partial charge < -0.3 is 4.57 Å². The van der Waals surface area contributed by atoms with Gasteiger partial charge >= 0.3 is 0 Å². The van der Waals surface area contributed by atoms with Crippen molar-refractivity contribution in [1.29, 1.82) is 0 Å². The molecule has 18 heavy (non-hydrogen) atoms. The second-order valence-electron chi connectivity index (χ2n) is 4.05. The van der Waals surface area contributed by atoms with Crippen LogP contribution in [0.5, 0.6) is 0 Å². The molecule has 2 aromatic heterocycles. The lowest BCUT2D eigenvalue weighted by Crippen LogP contribution is -2.17. The van der Waals surface area contributed by atoms with Crippen LogP contribution in [0.2, 0.25) is 10.2 Å². The first-order valence-electron chi connectivity index (χ1n) is 5.32. The van der Waals surface area contributed by atoms with E-state index in [1.54, 1.807) is 31.4 Å². The first kappa shape index (κ1) is 11.5. The van der Waals surface area contributed by atoms with Gasteiger partial charge in [0.05, 0.1) is 10.9 Å². The number of hydrogen-bond donors (Lipinski definition) is 0. The zero-order chi connectivity index (χ0) is 12.9. The molecule has 1 aromatic carbocycles. The highest BCUT2D eigenvalue weighted by Crippen LogP contribution is 2.27. The van der Waals surface area contributed by atoms with Gasteiger partial charge in [-0.15, -0.1) is 0 Å². The van der Waals surface area contributed by atoms with Gasteiger partial charge in [0.15, 0.2) is 0 Å². The lowest BCUT2D eigenvalue weighted by molar-refractivity contribution is 0.917. The van der Waals surface area contributed by atoms with E-state index in [0.29, 0.717) is 10.4 Å². The maximum absolute atomic E-state index is 12.3. The fourth-order valence-corrected chi connectivity index (χ4v) is 2.56. The van der Waals surface area contributed by atoms with E-state index in [1.165, 1.54) is 4.57 Å². The Labute approximate surface area is 113 Å². The smallest absolute Gasteiger partial charge is 0.261 e. The first-order chi connectivity index (χ1) is 8.59. The Balaban J connectivity index is 2.72. The fraction of sp³-hybridized carbons (Fsp3) is 0.0769. The van der Waals surface area contributed by atoms with E-state index >= 15 is 0 Å². The molecular formula is C13H8Cl2N2O. The molecule has 90 valence electrons. The minimum atomic E-state index is -0.169. The van der Waals surface area contributed by atoms with Crippen molar-refractivity contribution in [3.8, 4) is 0 Å². The quantitative estimate of drug-likeness (QED) is 0.467. The van der Waals surface area contributed by atoms with Gasteiger partial charge in [0.25, 0.3) is 5.56 Å². The third-order valence-electron chi connectivity index (χ3n) is 3.03. The average molecular weight is 279 g/mol. The van der Waals surface area contributed by atoms with Crippen LogP contribution in [0.25, 0.3) is 21.7 Å². The van der Waals surface area contributed by atoms with Gasteiger partial charge in [0.2, 0.25) is 0 Å². The Morgan fingerprint density at radius 1 is 1.17 bits per heavy atom. The number of pyridine rings is 2. The summed E-state index contributed by atoms with van der Waals surface area (Å²) >= 11 is 12.0. The second-order valence-corrected chi connectivity index (χ2v) is 4.84. The predicted molar refractivity (Wildman–Crippen MR) is 74.5 cm³/mol. The second kappa shape index (κ2) is 3.97. The summed E-state index contributed by atoms with van der Waals surface area (Å²) in [5.74, 6) is 0. The standard InChI is InChI=1S/C13H8Cl2N2O/c1-17-10-6-7(14)2-3-8(10)9-4-5-16-12(15)11(9)13(17)18/h2-6H,1H3. The van der Waals surface area contributed by atoms with Crippen molar-refractivity contribution < 1.29 is 0 Å². The van der Waals surface area contributed by atoms with Crippen LogP contribution in [0.15, 0.2) is 35.3 Å². The molecule has 0 saturated heterocycles. The zero-order valence-corrected chi connectivity index (χ0v) is 11.0. The maximum atomic E-state index is 12.3. The number of rotatable bonds is 0. The van der Waals surface area contributed by atoms with Gasteiger partial charge in [-0.2, -0.15) is 0 Å². The summed E-state index contributed by atoms with van der Waals surface area (Å²) in [6, 6.07) is 7.24. The summed E-state index contributed by atoms with van der Waals surface area (Å²) in [5, 5.41) is 2.99. The van der Waals surface area contributed by atoms with E-state index in [0.717, 1.165) is 16.3 Å². The predicted octanol–water partition coefficient (Wildman–Crippen LogP) is 3.39. The number of fused-ring (bicyclic) bond motifs is 3. The third-order valence-corrected chi connectivity index (χ3v) is 3.56. The summed E-state index contributed by atoms with van der Waals surface area (Å²) in [6.07, 6.45) is 1.60. The third kappa shape index (κ3) is 1.51. The molecule has 3 nitrogen and oxygen atoms in total. The molecule has 0 unspecified atom stereocenters. The monoisotopic (exact) mass is 278 g/mol. The largest absolute Gasteiger partial charge is 0.311 e. The number of nitrogens with zero attached hydrogens (tertiary/aromatic N) is 2. The molecular weight excluding hydrogens is 271 g/mol. The van der Waals surface area contributed by atoms with Gasteiger partial charge in [-0.3, -0.25) is 4.79 Å². The van der Waals surface area contributed by atoms with Crippen molar-refractivity contribution in [3.63, 3.8) is 0 Å². The van der Waals surface area contributed by atoms with Gasteiger partial charge in [0, 0.05) is 29.0 Å². The van der Waals surface area contributed by atoms with Gasteiger partial charge in [-0.25, -0.2) is 4.98 Å². The molecule has 0 aliphatic rings. The summed E-state index contributed by atoms with van der Waals surface area (Å²) in [6.45, 7) is 0. The molecule has 0 radical (unpaired) electrons. The van der Waals surface area contributed by atoms with Crippen LogP contribution in [0.1, 0.15) is 0 Å². The lowest BCUT2D eigenvalue weighted by atomic mass is 10.1. The van der Waals surface area contributed by atoms with Crippen LogP contribution in [0.4, 0.5) is 0 Å². The first-order valence-corrected chi connectivity index (χ1v) is 6.07. The fourth-order valence-electron chi connectivity index (χ4n) is 2.15. The molecule has 5 heteroatoms. The van der Waals surface area contributed by atoms with E-state index in [1.807, 2.05) is 6.07 Å². The lowest BCUT2D eigenvalue weighted by Gasteiger charge is -2.09. The van der Waals surface area contributed by atoms with Crippen LogP contribution < -0.4 is 5.56 Å². The van der Waals surface area contributed by atoms with Crippen molar-refractivity contribution in [1.82, 2.24) is 9.55 Å². The molecule has 3 aromatic rings. The molecule has 0 amide bonds. The Hall–Kier alpha value is -1.58. The molecule has 0 spiro atoms. The van der Waals surface area contributed by atoms with E-state index in [2.05, 4.69) is 4.98 Å². The molecule has 0 atom stereocenters. The minimum Gasteiger partial charge on any atom is -0.311 e. The molecule has 0 fully saturated rings. The average Bonchev–Trinajstić information content (AvgIpc) is 2.35. The van der Waals surface area contributed by atoms with E-state index in [4.69, 9.17) is 23.2 Å². The number of hydrogen-bond acceptors (Lipinski definition) is 2. The highest BCUT2D eigenvalue weighted by molar-refractivity contribution is 6.35. The van der Waals surface area contributed by atoms with E-state index < -0.39 is 0 Å². The van der Waals surface area contributed by atoms with E-state index in [-0.39, 0.29) is 10.7 Å². The molecule has 0 bridgehead atoms. The Morgan fingerprint density at radius 2 is 1.94 bits per heavy atom. The minimum absolute atomic E-state index is 0.169. The zero-order valence-electron chi connectivity index (χ0n) is 9.45. The summed E-state index contributed by atoms with van der Waals surface area (Å²) < 4.78 is 1.54. The van der Waals surface area contributed by atoms with Gasteiger partial charge in [-0.05, 0) is 18.2 Å². The summed E-state index contributed by atoms with van der Waals surface area (Å²) in [5.41, 5.74) is 0.611. The molecule has 3 rings (SSSR count). The Kier molecular flexibility index (Phi) is 2.54. The number of benzene rings is 1. The highest BCUT2D eigenvalue weighted by atomic mass is 35.5. The molecule has 0 saturated carbocycles. The van der Waals surface area contributed by atoms with Crippen molar-refractivity contribution in [2.45, 2.75) is 0 Å². The molecule has 0 aliphatic heterocycles. The van der Waals surface area contributed by atoms with E-state index in [9.17, 15) is 4.79 Å². The van der Waals surface area contributed by atoms with Crippen LogP contribution in [0.3, 0.4) is 0 Å². The highest BCUT2D eigenvalue weighted by Gasteiger charge is 2.11. The summed E-state index contributed by atoms with van der Waals surface area (Å²) in [7, 11) is 1.70. The number of aromatic nitrogens is 2. The Morgan fingerprint density at radius 3 is 2.72 bits per heavy atom. The van der Waals surface area contributed by atoms with Crippen molar-refractivity contribution >= 4 is 44.9 Å². The molecule has 2 heterocycles. The summed E-state index contributed by atoms with van der Waals surface area (Å²) in [4.78, 5) is 16.2. The SMILES string of the molecule is Cn1c(=O)c2c(Cl)nccc2c2ccc(Cl)cc21. The van der Waals surface area contributed by atoms with Crippen LogP contribution >= 0.6 is 23.2 Å². The van der Waals surface area contributed by atoms with Crippen LogP contribution in [0, 0.1) is 0 Å². The maximum Gasteiger partial charge on any atom is 0.261 e.